The van der Waals surface area contributed by atoms with Crippen LogP contribution in [0.1, 0.15) is 19.5 Å². The van der Waals surface area contributed by atoms with Crippen LogP contribution in [-0.4, -0.2) is 51.8 Å². The van der Waals surface area contributed by atoms with E-state index in [0.29, 0.717) is 29.8 Å². The number of thioether (sulfide) groups is 1. The predicted octanol–water partition coefficient (Wildman–Crippen LogP) is 1.10. The lowest BCUT2D eigenvalue weighted by Crippen LogP contribution is -2.48. The number of nitrogen functional groups attached to an aromatic ring is 1. The quantitative estimate of drug-likeness (QED) is 0.664. The third kappa shape index (κ3) is 4.08. The number of hydrogen-bond acceptors (Lipinski definition) is 6. The zero-order valence-corrected chi connectivity index (χ0v) is 12.8. The van der Waals surface area contributed by atoms with Crippen molar-refractivity contribution in [3.63, 3.8) is 0 Å². The summed E-state index contributed by atoms with van der Waals surface area (Å²) in [5.41, 5.74) is 6.48. The lowest BCUT2D eigenvalue weighted by Gasteiger charge is -2.35. The molecule has 0 aliphatic carbocycles. The van der Waals surface area contributed by atoms with Gasteiger partial charge in [-0.05, 0) is 20.8 Å². The fraction of sp³-hybridized carbons (Fsp3) is 0.615. The van der Waals surface area contributed by atoms with E-state index in [1.807, 2.05) is 25.7 Å². The second kappa shape index (κ2) is 6.41. The van der Waals surface area contributed by atoms with Crippen LogP contribution in [0.25, 0.3) is 0 Å². The van der Waals surface area contributed by atoms with E-state index >= 15 is 0 Å². The van der Waals surface area contributed by atoms with Crippen molar-refractivity contribution in [2.75, 3.05) is 24.6 Å². The predicted molar refractivity (Wildman–Crippen MR) is 78.5 cm³/mol. The standard InChI is InChI=1S/C13H20N4O2S/c1-8-4-11(14)16-13(15-8)20-7-12(18)17-5-9(2)19-10(3)6-17/h4,9-10H,5-7H2,1-3H3,(H2,14,15,16)/t9-,10-/m0/s1. The summed E-state index contributed by atoms with van der Waals surface area (Å²) in [7, 11) is 0. The Morgan fingerprint density at radius 2 is 2.10 bits per heavy atom. The molecule has 1 fully saturated rings. The van der Waals surface area contributed by atoms with Gasteiger partial charge in [0.1, 0.15) is 5.82 Å². The van der Waals surface area contributed by atoms with Gasteiger partial charge in [0.25, 0.3) is 0 Å². The molecule has 1 aliphatic heterocycles. The molecular weight excluding hydrogens is 276 g/mol. The molecule has 7 heteroatoms. The van der Waals surface area contributed by atoms with E-state index in [1.165, 1.54) is 11.8 Å². The third-order valence-corrected chi connectivity index (χ3v) is 3.78. The van der Waals surface area contributed by atoms with Crippen molar-refractivity contribution in [1.82, 2.24) is 14.9 Å². The lowest BCUT2D eigenvalue weighted by molar-refractivity contribution is -0.140. The summed E-state index contributed by atoms with van der Waals surface area (Å²) >= 11 is 1.32. The van der Waals surface area contributed by atoms with Crippen molar-refractivity contribution in [3.8, 4) is 0 Å². The van der Waals surface area contributed by atoms with Crippen molar-refractivity contribution in [2.24, 2.45) is 0 Å². The number of carbonyl (C=O) groups is 1. The van der Waals surface area contributed by atoms with E-state index in [1.54, 1.807) is 6.07 Å². The molecule has 1 aliphatic rings. The first-order valence-corrected chi connectivity index (χ1v) is 7.60. The van der Waals surface area contributed by atoms with Gasteiger partial charge in [0.05, 0.1) is 18.0 Å². The summed E-state index contributed by atoms with van der Waals surface area (Å²) in [4.78, 5) is 22.4. The Kier molecular flexibility index (Phi) is 4.82. The first-order valence-electron chi connectivity index (χ1n) is 6.61. The number of carbonyl (C=O) groups excluding carboxylic acids is 1. The van der Waals surface area contributed by atoms with Crippen LogP contribution >= 0.6 is 11.8 Å². The van der Waals surface area contributed by atoms with Crippen LogP contribution in [0.3, 0.4) is 0 Å². The molecule has 2 N–H and O–H groups in total. The van der Waals surface area contributed by atoms with Crippen molar-refractivity contribution < 1.29 is 9.53 Å². The molecule has 0 radical (unpaired) electrons. The lowest BCUT2D eigenvalue weighted by atomic mass is 10.2. The van der Waals surface area contributed by atoms with Crippen molar-refractivity contribution >= 4 is 23.5 Å². The van der Waals surface area contributed by atoms with Gasteiger partial charge in [-0.2, -0.15) is 0 Å². The number of anilines is 1. The highest BCUT2D eigenvalue weighted by atomic mass is 32.2. The average molecular weight is 296 g/mol. The fourth-order valence-corrected chi connectivity index (χ4v) is 3.04. The van der Waals surface area contributed by atoms with Gasteiger partial charge in [-0.15, -0.1) is 0 Å². The van der Waals surface area contributed by atoms with Gasteiger partial charge in [-0.1, -0.05) is 11.8 Å². The molecule has 0 saturated carbocycles. The van der Waals surface area contributed by atoms with Gasteiger partial charge in [-0.25, -0.2) is 9.97 Å². The van der Waals surface area contributed by atoms with Crippen LogP contribution in [0.5, 0.6) is 0 Å². The highest BCUT2D eigenvalue weighted by Gasteiger charge is 2.25. The summed E-state index contributed by atoms with van der Waals surface area (Å²) in [6, 6.07) is 1.71. The number of aryl methyl sites for hydroxylation is 1. The van der Waals surface area contributed by atoms with Crippen LogP contribution in [0.4, 0.5) is 5.82 Å². The number of ether oxygens (including phenoxy) is 1. The van der Waals surface area contributed by atoms with E-state index in [4.69, 9.17) is 10.5 Å². The molecule has 1 aromatic heterocycles. The van der Waals surface area contributed by atoms with Crippen molar-refractivity contribution in [2.45, 2.75) is 38.1 Å². The Labute approximate surface area is 123 Å². The normalized spacial score (nSPS) is 22.9. The van der Waals surface area contributed by atoms with Gasteiger partial charge in [0.15, 0.2) is 5.16 Å². The molecule has 1 saturated heterocycles. The second-order valence-corrected chi connectivity index (χ2v) is 6.00. The molecule has 0 bridgehead atoms. The Hall–Kier alpha value is -1.34. The summed E-state index contributed by atoms with van der Waals surface area (Å²) in [6.07, 6.45) is 0.164. The van der Waals surface area contributed by atoms with Gasteiger partial charge in [0.2, 0.25) is 5.91 Å². The minimum atomic E-state index is 0.0820. The Morgan fingerprint density at radius 3 is 2.70 bits per heavy atom. The largest absolute Gasteiger partial charge is 0.384 e. The molecule has 1 amide bonds. The molecular formula is C13H20N4O2S. The fourth-order valence-electron chi connectivity index (χ4n) is 2.23. The molecule has 6 nitrogen and oxygen atoms in total. The zero-order valence-electron chi connectivity index (χ0n) is 12.0. The highest BCUT2D eigenvalue weighted by molar-refractivity contribution is 7.99. The summed E-state index contributed by atoms with van der Waals surface area (Å²) in [5, 5.41) is 0.546. The molecule has 110 valence electrons. The second-order valence-electron chi connectivity index (χ2n) is 5.06. The maximum absolute atomic E-state index is 12.2. The van der Waals surface area contributed by atoms with Gasteiger partial charge in [-0.3, -0.25) is 4.79 Å². The topological polar surface area (TPSA) is 81.3 Å². The molecule has 1 aromatic rings. The smallest absolute Gasteiger partial charge is 0.233 e. The van der Waals surface area contributed by atoms with Crippen LogP contribution in [0.15, 0.2) is 11.2 Å². The Bertz CT molecular complexity index is 467. The number of nitrogens with zero attached hydrogens (tertiary/aromatic N) is 3. The molecule has 2 atom stereocenters. The van der Waals surface area contributed by atoms with E-state index in [0.717, 1.165) is 5.69 Å². The first kappa shape index (κ1) is 15.1. The molecule has 2 rings (SSSR count). The van der Waals surface area contributed by atoms with E-state index < -0.39 is 0 Å². The third-order valence-electron chi connectivity index (χ3n) is 2.95. The van der Waals surface area contributed by atoms with E-state index in [2.05, 4.69) is 9.97 Å². The number of aromatic nitrogens is 2. The Balaban J connectivity index is 1.91. The van der Waals surface area contributed by atoms with Gasteiger partial charge < -0.3 is 15.4 Å². The number of rotatable bonds is 3. The SMILES string of the molecule is Cc1cc(N)nc(SCC(=O)N2C[C@H](C)O[C@@H](C)C2)n1. The summed E-state index contributed by atoms with van der Waals surface area (Å²) < 4.78 is 5.62. The highest BCUT2D eigenvalue weighted by Crippen LogP contribution is 2.17. The molecule has 0 aromatic carbocycles. The average Bonchev–Trinajstić information content (AvgIpc) is 2.33. The Morgan fingerprint density at radius 1 is 1.45 bits per heavy atom. The zero-order chi connectivity index (χ0) is 14.7. The van der Waals surface area contributed by atoms with Gasteiger partial charge >= 0.3 is 0 Å². The number of amides is 1. The summed E-state index contributed by atoms with van der Waals surface area (Å²) in [6.45, 7) is 7.09. The van der Waals surface area contributed by atoms with Crippen LogP contribution in [0, 0.1) is 6.92 Å². The number of nitrogens with two attached hydrogens (primary N) is 1. The van der Waals surface area contributed by atoms with Crippen molar-refractivity contribution in [3.05, 3.63) is 11.8 Å². The van der Waals surface area contributed by atoms with E-state index in [-0.39, 0.29) is 18.1 Å². The summed E-state index contributed by atoms with van der Waals surface area (Å²) in [5.74, 6) is 0.837. The van der Waals surface area contributed by atoms with Crippen LogP contribution in [-0.2, 0) is 9.53 Å². The molecule has 0 spiro atoms. The molecule has 20 heavy (non-hydrogen) atoms. The monoisotopic (exact) mass is 296 g/mol. The van der Waals surface area contributed by atoms with Gasteiger partial charge in [0, 0.05) is 24.8 Å². The molecule has 0 unspecified atom stereocenters. The number of hydrogen-bond donors (Lipinski definition) is 1. The van der Waals surface area contributed by atoms with Crippen molar-refractivity contribution in [1.29, 1.82) is 0 Å². The van der Waals surface area contributed by atoms with Crippen LogP contribution in [0.2, 0.25) is 0 Å². The first-order chi connectivity index (χ1) is 9.44. The maximum Gasteiger partial charge on any atom is 0.233 e. The maximum atomic E-state index is 12.2. The molecule has 2 heterocycles. The minimum Gasteiger partial charge on any atom is -0.384 e. The van der Waals surface area contributed by atoms with Crippen LogP contribution < -0.4 is 5.73 Å². The van der Waals surface area contributed by atoms with E-state index in [9.17, 15) is 4.79 Å². The minimum absolute atomic E-state index is 0.0820. The number of morpholine rings is 1.